The molecule has 7 nitrogen and oxygen atoms in total. The van der Waals surface area contributed by atoms with Crippen LogP contribution in [0.15, 0.2) is 18.2 Å². The Kier molecular flexibility index (Phi) is 8.18. The number of hydrogen-bond donors (Lipinski definition) is 2. The van der Waals surface area contributed by atoms with Crippen LogP contribution in [0.4, 0.5) is 11.4 Å². The summed E-state index contributed by atoms with van der Waals surface area (Å²) < 4.78 is 5.47. The molecule has 0 radical (unpaired) electrons. The second kappa shape index (κ2) is 9.87. The molecule has 1 amide bonds. The maximum atomic E-state index is 12.0. The van der Waals surface area contributed by atoms with Gasteiger partial charge in [-0.1, -0.05) is 13.8 Å². The molecular formula is C17H27N3O4. The molecule has 0 heterocycles. The minimum Gasteiger partial charge on any atom is -0.381 e. The standard InChI is InChI=1S/C17H27N3O4/c1-12(2)11-24-9-5-8-18-15-7-6-14(10-16(15)20(22)23)17(21)19-13(3)4/h6-7,10,12-13,18H,5,8-9,11H2,1-4H3,(H,19,21). The molecule has 0 aliphatic heterocycles. The van der Waals surface area contributed by atoms with E-state index in [2.05, 4.69) is 24.5 Å². The number of rotatable bonds is 10. The summed E-state index contributed by atoms with van der Waals surface area (Å²) in [5.74, 6) is 0.172. The smallest absolute Gasteiger partial charge is 0.293 e. The van der Waals surface area contributed by atoms with E-state index in [-0.39, 0.29) is 23.2 Å². The van der Waals surface area contributed by atoms with E-state index in [1.807, 2.05) is 13.8 Å². The van der Waals surface area contributed by atoms with Crippen molar-refractivity contribution >= 4 is 17.3 Å². The summed E-state index contributed by atoms with van der Waals surface area (Å²) in [5, 5.41) is 17.0. The molecule has 1 aromatic carbocycles. The lowest BCUT2D eigenvalue weighted by Crippen LogP contribution is -2.30. The van der Waals surface area contributed by atoms with Gasteiger partial charge in [0.2, 0.25) is 0 Å². The Labute approximate surface area is 142 Å². The molecule has 0 unspecified atom stereocenters. The van der Waals surface area contributed by atoms with Crippen LogP contribution in [0.5, 0.6) is 0 Å². The topological polar surface area (TPSA) is 93.5 Å². The van der Waals surface area contributed by atoms with E-state index in [0.717, 1.165) is 6.42 Å². The van der Waals surface area contributed by atoms with Gasteiger partial charge in [0.1, 0.15) is 5.69 Å². The number of hydrogen-bond acceptors (Lipinski definition) is 5. The number of nitrogens with zero attached hydrogens (tertiary/aromatic N) is 1. The molecule has 0 aliphatic carbocycles. The number of nitro benzene ring substituents is 1. The van der Waals surface area contributed by atoms with E-state index in [1.54, 1.807) is 12.1 Å². The molecule has 1 rings (SSSR count). The highest BCUT2D eigenvalue weighted by atomic mass is 16.6. The Morgan fingerprint density at radius 3 is 2.58 bits per heavy atom. The Hall–Kier alpha value is -2.15. The van der Waals surface area contributed by atoms with E-state index in [1.165, 1.54) is 6.07 Å². The first-order valence-electron chi connectivity index (χ1n) is 8.22. The van der Waals surface area contributed by atoms with Gasteiger partial charge in [0.05, 0.1) is 4.92 Å². The van der Waals surface area contributed by atoms with E-state index in [9.17, 15) is 14.9 Å². The van der Waals surface area contributed by atoms with E-state index < -0.39 is 4.92 Å². The van der Waals surface area contributed by atoms with Crippen LogP contribution in [0, 0.1) is 16.0 Å². The third-order valence-electron chi connectivity index (χ3n) is 3.11. The Morgan fingerprint density at radius 2 is 2.00 bits per heavy atom. The monoisotopic (exact) mass is 337 g/mol. The lowest BCUT2D eigenvalue weighted by molar-refractivity contribution is -0.384. The highest BCUT2D eigenvalue weighted by molar-refractivity contribution is 5.95. The average molecular weight is 337 g/mol. The van der Waals surface area contributed by atoms with Crippen LogP contribution in [0.25, 0.3) is 0 Å². The molecule has 0 spiro atoms. The van der Waals surface area contributed by atoms with Gasteiger partial charge >= 0.3 is 0 Å². The largest absolute Gasteiger partial charge is 0.381 e. The van der Waals surface area contributed by atoms with Crippen molar-refractivity contribution in [2.45, 2.75) is 40.2 Å². The SMILES string of the molecule is CC(C)COCCCNc1ccc(C(=O)NC(C)C)cc1[N+](=O)[O-]. The number of benzene rings is 1. The predicted molar refractivity (Wildman–Crippen MR) is 94.5 cm³/mol. The van der Waals surface area contributed by atoms with Crippen LogP contribution in [-0.4, -0.2) is 36.6 Å². The Bertz CT molecular complexity index is 559. The van der Waals surface area contributed by atoms with Crippen molar-refractivity contribution in [1.82, 2.24) is 5.32 Å². The van der Waals surface area contributed by atoms with Crippen LogP contribution in [0.3, 0.4) is 0 Å². The second-order valence-corrected chi connectivity index (χ2v) is 6.37. The van der Waals surface area contributed by atoms with E-state index in [4.69, 9.17) is 4.74 Å². The minimum atomic E-state index is -0.482. The molecule has 7 heteroatoms. The number of nitro groups is 1. The number of nitrogens with one attached hydrogen (secondary N) is 2. The summed E-state index contributed by atoms with van der Waals surface area (Å²) in [6, 6.07) is 4.43. The maximum absolute atomic E-state index is 12.0. The molecule has 134 valence electrons. The van der Waals surface area contributed by atoms with Gasteiger partial charge in [-0.15, -0.1) is 0 Å². The average Bonchev–Trinajstić information content (AvgIpc) is 2.49. The molecule has 0 bridgehead atoms. The minimum absolute atomic E-state index is 0.0276. The van der Waals surface area contributed by atoms with Crippen molar-refractivity contribution < 1.29 is 14.5 Å². The normalized spacial score (nSPS) is 10.9. The summed E-state index contributed by atoms with van der Waals surface area (Å²) in [7, 11) is 0. The fraction of sp³-hybridized carbons (Fsp3) is 0.588. The number of carbonyl (C=O) groups is 1. The van der Waals surface area contributed by atoms with Crippen molar-refractivity contribution in [2.75, 3.05) is 25.1 Å². The van der Waals surface area contributed by atoms with Crippen LogP contribution in [0.1, 0.15) is 44.5 Å². The van der Waals surface area contributed by atoms with Crippen molar-refractivity contribution in [1.29, 1.82) is 0 Å². The third kappa shape index (κ3) is 6.95. The van der Waals surface area contributed by atoms with Gasteiger partial charge in [-0.3, -0.25) is 14.9 Å². The van der Waals surface area contributed by atoms with Gasteiger partial charge in [0, 0.05) is 37.4 Å². The van der Waals surface area contributed by atoms with Gasteiger partial charge in [-0.2, -0.15) is 0 Å². The van der Waals surface area contributed by atoms with Crippen molar-refractivity contribution in [3.63, 3.8) is 0 Å². The third-order valence-corrected chi connectivity index (χ3v) is 3.11. The van der Waals surface area contributed by atoms with Crippen LogP contribution in [-0.2, 0) is 4.74 Å². The lowest BCUT2D eigenvalue weighted by atomic mass is 10.1. The second-order valence-electron chi connectivity index (χ2n) is 6.37. The van der Waals surface area contributed by atoms with Crippen LogP contribution >= 0.6 is 0 Å². The quantitative estimate of drug-likeness (QED) is 0.388. The van der Waals surface area contributed by atoms with Gasteiger partial charge < -0.3 is 15.4 Å². The lowest BCUT2D eigenvalue weighted by Gasteiger charge is -2.11. The molecule has 0 saturated heterocycles. The summed E-state index contributed by atoms with van der Waals surface area (Å²) in [6.45, 7) is 9.72. The first-order chi connectivity index (χ1) is 11.3. The van der Waals surface area contributed by atoms with Crippen molar-refractivity contribution in [3.8, 4) is 0 Å². The highest BCUT2D eigenvalue weighted by Gasteiger charge is 2.17. The molecule has 1 aromatic rings. The first-order valence-corrected chi connectivity index (χ1v) is 8.22. The molecule has 2 N–H and O–H groups in total. The summed E-state index contributed by atoms with van der Waals surface area (Å²) in [5.41, 5.74) is 0.584. The number of carbonyl (C=O) groups excluding carboxylic acids is 1. The highest BCUT2D eigenvalue weighted by Crippen LogP contribution is 2.25. The van der Waals surface area contributed by atoms with Crippen molar-refractivity contribution in [2.24, 2.45) is 5.92 Å². The number of ether oxygens (including phenoxy) is 1. The zero-order valence-corrected chi connectivity index (χ0v) is 14.8. The molecule has 0 atom stereocenters. The maximum Gasteiger partial charge on any atom is 0.293 e. The Morgan fingerprint density at radius 1 is 1.29 bits per heavy atom. The summed E-state index contributed by atoms with van der Waals surface area (Å²) in [6.07, 6.45) is 0.749. The number of anilines is 1. The molecule has 0 fully saturated rings. The van der Waals surface area contributed by atoms with E-state index in [0.29, 0.717) is 31.4 Å². The van der Waals surface area contributed by atoms with E-state index >= 15 is 0 Å². The molecular weight excluding hydrogens is 310 g/mol. The summed E-state index contributed by atoms with van der Waals surface area (Å²) in [4.78, 5) is 22.7. The molecule has 24 heavy (non-hydrogen) atoms. The van der Waals surface area contributed by atoms with Crippen molar-refractivity contribution in [3.05, 3.63) is 33.9 Å². The van der Waals surface area contributed by atoms with Gasteiger partial charge in [0.15, 0.2) is 0 Å². The molecule has 0 aromatic heterocycles. The van der Waals surface area contributed by atoms with Crippen LogP contribution < -0.4 is 10.6 Å². The fourth-order valence-corrected chi connectivity index (χ4v) is 2.04. The predicted octanol–water partition coefficient (Wildman–Crippen LogP) is 3.21. The fourth-order valence-electron chi connectivity index (χ4n) is 2.04. The van der Waals surface area contributed by atoms with Crippen LogP contribution in [0.2, 0.25) is 0 Å². The Balaban J connectivity index is 2.64. The zero-order valence-electron chi connectivity index (χ0n) is 14.8. The van der Waals surface area contributed by atoms with Gasteiger partial charge in [0.25, 0.3) is 11.6 Å². The first kappa shape index (κ1) is 19.9. The number of amides is 1. The summed E-state index contributed by atoms with van der Waals surface area (Å²) >= 11 is 0. The zero-order chi connectivity index (χ0) is 18.1. The molecule has 0 saturated carbocycles. The van der Waals surface area contributed by atoms with Gasteiger partial charge in [-0.25, -0.2) is 0 Å². The van der Waals surface area contributed by atoms with Gasteiger partial charge in [-0.05, 0) is 38.3 Å². The molecule has 0 aliphatic rings.